The van der Waals surface area contributed by atoms with E-state index in [1.807, 2.05) is 0 Å². The lowest BCUT2D eigenvalue weighted by Gasteiger charge is -2.09. The molecule has 27 heavy (non-hydrogen) atoms. The smallest absolute Gasteiger partial charge is 0.270 e. The van der Waals surface area contributed by atoms with Crippen LogP contribution in [0.15, 0.2) is 54.6 Å². The number of aromatic nitrogens is 2. The Morgan fingerprint density at radius 2 is 1.78 bits per heavy atom. The molecule has 1 amide bonds. The van der Waals surface area contributed by atoms with Gasteiger partial charge in [-0.05, 0) is 49.2 Å². The van der Waals surface area contributed by atoms with Gasteiger partial charge < -0.3 is 10.6 Å². The van der Waals surface area contributed by atoms with E-state index < -0.39 is 0 Å². The first-order chi connectivity index (χ1) is 13.0. The fourth-order valence-electron chi connectivity index (χ4n) is 2.52. The minimum atomic E-state index is -0.371. The lowest BCUT2D eigenvalue weighted by atomic mass is 10.1. The Labute approximate surface area is 155 Å². The zero-order valence-corrected chi connectivity index (χ0v) is 14.7. The van der Waals surface area contributed by atoms with Gasteiger partial charge in [-0.25, -0.2) is 18.7 Å². The van der Waals surface area contributed by atoms with Crippen molar-refractivity contribution >= 4 is 17.4 Å². The van der Waals surface area contributed by atoms with Crippen molar-refractivity contribution in [1.82, 2.24) is 15.3 Å². The molecule has 138 valence electrons. The quantitative estimate of drug-likeness (QED) is 0.695. The van der Waals surface area contributed by atoms with Gasteiger partial charge in [0.1, 0.15) is 29.0 Å². The van der Waals surface area contributed by atoms with E-state index in [4.69, 9.17) is 0 Å². The molecular formula is C20H18F2N4O. The molecule has 3 aromatic rings. The van der Waals surface area contributed by atoms with Gasteiger partial charge in [0, 0.05) is 18.3 Å². The highest BCUT2D eigenvalue weighted by atomic mass is 19.1. The molecule has 0 aliphatic heterocycles. The Balaban J connectivity index is 1.64. The average Bonchev–Trinajstić information content (AvgIpc) is 2.63. The van der Waals surface area contributed by atoms with Crippen LogP contribution in [-0.2, 0) is 6.42 Å². The Kier molecular flexibility index (Phi) is 5.71. The molecule has 2 N–H and O–H groups in total. The van der Waals surface area contributed by atoms with Gasteiger partial charge >= 0.3 is 0 Å². The number of carbonyl (C=O) groups is 1. The van der Waals surface area contributed by atoms with E-state index in [9.17, 15) is 13.6 Å². The van der Waals surface area contributed by atoms with Crippen molar-refractivity contribution in [2.75, 3.05) is 11.9 Å². The molecule has 0 radical (unpaired) electrons. The van der Waals surface area contributed by atoms with Gasteiger partial charge in [0.15, 0.2) is 0 Å². The van der Waals surface area contributed by atoms with Crippen LogP contribution in [0.1, 0.15) is 21.9 Å². The van der Waals surface area contributed by atoms with E-state index in [0.717, 1.165) is 5.56 Å². The third-order valence-corrected chi connectivity index (χ3v) is 3.78. The molecule has 0 saturated heterocycles. The molecule has 0 saturated carbocycles. The number of amides is 1. The SMILES string of the molecule is Cc1nc(Nc2cccc(F)c2)cc(C(=O)NCCc2ccc(F)cc2)n1. The molecule has 2 aromatic carbocycles. The van der Waals surface area contributed by atoms with Crippen LogP contribution in [0.25, 0.3) is 0 Å². The van der Waals surface area contributed by atoms with E-state index in [1.165, 1.54) is 30.3 Å². The van der Waals surface area contributed by atoms with Gasteiger partial charge in [0.2, 0.25) is 0 Å². The maximum absolute atomic E-state index is 13.3. The second kappa shape index (κ2) is 8.35. The molecule has 0 unspecified atom stereocenters. The topological polar surface area (TPSA) is 66.9 Å². The summed E-state index contributed by atoms with van der Waals surface area (Å²) in [6, 6.07) is 13.6. The van der Waals surface area contributed by atoms with Crippen molar-refractivity contribution in [3.8, 4) is 0 Å². The zero-order chi connectivity index (χ0) is 19.2. The Hall–Kier alpha value is -3.35. The predicted octanol–water partition coefficient (Wildman–Crippen LogP) is 3.78. The summed E-state index contributed by atoms with van der Waals surface area (Å²) >= 11 is 0. The summed E-state index contributed by atoms with van der Waals surface area (Å²) in [6.07, 6.45) is 0.574. The largest absolute Gasteiger partial charge is 0.350 e. The van der Waals surface area contributed by atoms with Crippen LogP contribution in [0.2, 0.25) is 0 Å². The minimum absolute atomic E-state index is 0.209. The zero-order valence-electron chi connectivity index (χ0n) is 14.7. The highest BCUT2D eigenvalue weighted by Gasteiger charge is 2.10. The molecule has 0 spiro atoms. The van der Waals surface area contributed by atoms with Crippen molar-refractivity contribution < 1.29 is 13.6 Å². The van der Waals surface area contributed by atoms with Gasteiger partial charge in [0.05, 0.1) is 0 Å². The van der Waals surface area contributed by atoms with Crippen molar-refractivity contribution in [2.45, 2.75) is 13.3 Å². The summed E-state index contributed by atoms with van der Waals surface area (Å²) in [7, 11) is 0. The highest BCUT2D eigenvalue weighted by molar-refractivity contribution is 5.93. The summed E-state index contributed by atoms with van der Waals surface area (Å²) in [5, 5.41) is 5.74. The fraction of sp³-hybridized carbons (Fsp3) is 0.150. The molecule has 1 aromatic heterocycles. The molecular weight excluding hydrogens is 350 g/mol. The van der Waals surface area contributed by atoms with Crippen molar-refractivity contribution in [1.29, 1.82) is 0 Å². The maximum atomic E-state index is 13.3. The van der Waals surface area contributed by atoms with Gasteiger partial charge in [-0.3, -0.25) is 4.79 Å². The van der Waals surface area contributed by atoms with E-state index in [-0.39, 0.29) is 23.2 Å². The van der Waals surface area contributed by atoms with E-state index in [0.29, 0.717) is 30.3 Å². The number of benzene rings is 2. The molecule has 0 atom stereocenters. The maximum Gasteiger partial charge on any atom is 0.270 e. The number of anilines is 2. The van der Waals surface area contributed by atoms with Crippen LogP contribution in [0.4, 0.5) is 20.3 Å². The number of carbonyl (C=O) groups excluding carboxylic acids is 1. The van der Waals surface area contributed by atoms with Crippen molar-refractivity contribution in [2.24, 2.45) is 0 Å². The van der Waals surface area contributed by atoms with Crippen LogP contribution >= 0.6 is 0 Å². The predicted molar refractivity (Wildman–Crippen MR) is 98.9 cm³/mol. The molecule has 3 rings (SSSR count). The molecule has 0 fully saturated rings. The Bertz CT molecular complexity index is 945. The minimum Gasteiger partial charge on any atom is -0.350 e. The average molecular weight is 368 g/mol. The number of rotatable bonds is 6. The van der Waals surface area contributed by atoms with E-state index in [1.54, 1.807) is 31.2 Å². The first-order valence-electron chi connectivity index (χ1n) is 8.40. The first-order valence-corrected chi connectivity index (χ1v) is 8.40. The number of halogens is 2. The van der Waals surface area contributed by atoms with Crippen molar-refractivity contribution in [3.05, 3.63) is 83.3 Å². The van der Waals surface area contributed by atoms with Crippen LogP contribution in [0.3, 0.4) is 0 Å². The second-order valence-electron chi connectivity index (χ2n) is 5.95. The van der Waals surface area contributed by atoms with E-state index >= 15 is 0 Å². The summed E-state index contributed by atoms with van der Waals surface area (Å²) < 4.78 is 26.2. The number of hydrogen-bond donors (Lipinski definition) is 2. The molecule has 0 bridgehead atoms. The van der Waals surface area contributed by atoms with Gasteiger partial charge in [-0.1, -0.05) is 18.2 Å². The molecule has 0 aliphatic rings. The Morgan fingerprint density at radius 3 is 2.52 bits per heavy atom. The number of hydrogen-bond acceptors (Lipinski definition) is 4. The van der Waals surface area contributed by atoms with Gasteiger partial charge in [-0.2, -0.15) is 0 Å². The normalized spacial score (nSPS) is 10.5. The number of nitrogens with one attached hydrogen (secondary N) is 2. The van der Waals surface area contributed by atoms with Gasteiger partial charge in [0.25, 0.3) is 5.91 Å². The third kappa shape index (κ3) is 5.31. The number of nitrogens with zero attached hydrogens (tertiary/aromatic N) is 2. The second-order valence-corrected chi connectivity index (χ2v) is 5.95. The lowest BCUT2D eigenvalue weighted by Crippen LogP contribution is -2.27. The number of aryl methyl sites for hydroxylation is 1. The first kappa shape index (κ1) is 18.4. The van der Waals surface area contributed by atoms with E-state index in [2.05, 4.69) is 20.6 Å². The van der Waals surface area contributed by atoms with Crippen molar-refractivity contribution in [3.63, 3.8) is 0 Å². The lowest BCUT2D eigenvalue weighted by molar-refractivity contribution is 0.0949. The van der Waals surface area contributed by atoms with Crippen LogP contribution in [0.5, 0.6) is 0 Å². The fourth-order valence-corrected chi connectivity index (χ4v) is 2.52. The summed E-state index contributed by atoms with van der Waals surface area (Å²) in [5.74, 6) is -0.191. The molecule has 0 aliphatic carbocycles. The summed E-state index contributed by atoms with van der Waals surface area (Å²) in [6.45, 7) is 2.06. The molecule has 7 heteroatoms. The Morgan fingerprint density at radius 1 is 1.00 bits per heavy atom. The van der Waals surface area contributed by atoms with Gasteiger partial charge in [-0.15, -0.1) is 0 Å². The van der Waals surface area contributed by atoms with Crippen LogP contribution in [-0.4, -0.2) is 22.4 Å². The summed E-state index contributed by atoms with van der Waals surface area (Å²) in [4.78, 5) is 20.7. The third-order valence-electron chi connectivity index (χ3n) is 3.78. The van der Waals surface area contributed by atoms with Crippen LogP contribution in [0, 0.1) is 18.6 Å². The highest BCUT2D eigenvalue weighted by Crippen LogP contribution is 2.16. The monoisotopic (exact) mass is 368 g/mol. The molecule has 5 nitrogen and oxygen atoms in total. The summed E-state index contributed by atoms with van der Waals surface area (Å²) in [5.41, 5.74) is 1.65. The van der Waals surface area contributed by atoms with Crippen LogP contribution < -0.4 is 10.6 Å². The standard InChI is InChI=1S/C20H18F2N4O/c1-13-24-18(12-19(25-13)26-17-4-2-3-16(22)11-17)20(27)23-10-9-14-5-7-15(21)8-6-14/h2-8,11-12H,9-10H2,1H3,(H,23,27)(H,24,25,26). The molecule has 1 heterocycles.